The van der Waals surface area contributed by atoms with E-state index in [9.17, 15) is 0 Å². The first kappa shape index (κ1) is 12.0. The van der Waals surface area contributed by atoms with E-state index in [1.54, 1.807) is 0 Å². The first-order chi connectivity index (χ1) is 6.76. The summed E-state index contributed by atoms with van der Waals surface area (Å²) in [5.41, 5.74) is 0. The van der Waals surface area contributed by atoms with E-state index >= 15 is 0 Å². The Morgan fingerprint density at radius 3 is 2.57 bits per heavy atom. The molecule has 1 aliphatic rings. The van der Waals surface area contributed by atoms with Crippen LogP contribution in [-0.2, 0) is 0 Å². The first-order valence-electron chi connectivity index (χ1n) is 5.82. The molecular weight excluding hydrogens is 176 g/mol. The molecular formula is C11H24N2O. The molecule has 1 heterocycles. The Labute approximate surface area is 87.5 Å². The van der Waals surface area contributed by atoms with Crippen molar-refractivity contribution in [2.45, 2.75) is 32.7 Å². The van der Waals surface area contributed by atoms with Crippen molar-refractivity contribution in [3.63, 3.8) is 0 Å². The Morgan fingerprint density at radius 2 is 2.07 bits per heavy atom. The van der Waals surface area contributed by atoms with Crippen LogP contribution < -0.4 is 5.32 Å². The molecule has 3 nitrogen and oxygen atoms in total. The summed E-state index contributed by atoms with van der Waals surface area (Å²) in [6.07, 6.45) is 2.62. The predicted octanol–water partition coefficient (Wildman–Crippen LogP) is 0.689. The highest BCUT2D eigenvalue weighted by molar-refractivity contribution is 4.75. The Kier molecular flexibility index (Phi) is 5.45. The highest BCUT2D eigenvalue weighted by Gasteiger charge is 2.18. The van der Waals surface area contributed by atoms with E-state index in [0.717, 1.165) is 19.0 Å². The van der Waals surface area contributed by atoms with Gasteiger partial charge in [0.1, 0.15) is 0 Å². The average molecular weight is 200 g/mol. The molecule has 0 spiro atoms. The van der Waals surface area contributed by atoms with Crippen LogP contribution in [0.5, 0.6) is 0 Å². The van der Waals surface area contributed by atoms with Crippen molar-refractivity contribution in [2.75, 3.05) is 32.8 Å². The van der Waals surface area contributed by atoms with E-state index in [1.807, 2.05) is 0 Å². The number of aliphatic hydroxyl groups is 1. The minimum Gasteiger partial charge on any atom is -0.395 e. The predicted molar refractivity (Wildman–Crippen MR) is 59.4 cm³/mol. The topological polar surface area (TPSA) is 35.5 Å². The summed E-state index contributed by atoms with van der Waals surface area (Å²) in [4.78, 5) is 2.46. The van der Waals surface area contributed by atoms with Gasteiger partial charge in [-0.25, -0.2) is 0 Å². The van der Waals surface area contributed by atoms with Gasteiger partial charge in [0.2, 0.25) is 0 Å². The SMILES string of the molecule is CCNC(CO)CN1CCC(C)CC1. The Morgan fingerprint density at radius 1 is 1.43 bits per heavy atom. The van der Waals surface area contributed by atoms with Crippen LogP contribution in [0.3, 0.4) is 0 Å². The van der Waals surface area contributed by atoms with Gasteiger partial charge in [-0.15, -0.1) is 0 Å². The number of likely N-dealkylation sites (tertiary alicyclic amines) is 1. The zero-order valence-electron chi connectivity index (χ0n) is 9.50. The van der Waals surface area contributed by atoms with Crippen LogP contribution in [-0.4, -0.2) is 48.8 Å². The van der Waals surface area contributed by atoms with Gasteiger partial charge < -0.3 is 15.3 Å². The molecule has 0 aromatic rings. The minimum absolute atomic E-state index is 0.250. The molecule has 1 atom stereocenters. The third-order valence-electron chi connectivity index (χ3n) is 3.07. The van der Waals surface area contributed by atoms with Gasteiger partial charge in [-0.05, 0) is 38.4 Å². The number of nitrogens with zero attached hydrogens (tertiary/aromatic N) is 1. The molecule has 0 radical (unpaired) electrons. The van der Waals surface area contributed by atoms with E-state index < -0.39 is 0 Å². The second-order valence-electron chi connectivity index (χ2n) is 4.42. The van der Waals surface area contributed by atoms with Gasteiger partial charge in [-0.2, -0.15) is 0 Å². The second-order valence-corrected chi connectivity index (χ2v) is 4.42. The number of hydrogen-bond acceptors (Lipinski definition) is 3. The molecule has 1 aliphatic heterocycles. The Bertz CT molecular complexity index is 144. The molecule has 2 N–H and O–H groups in total. The molecule has 0 amide bonds. The third kappa shape index (κ3) is 3.95. The lowest BCUT2D eigenvalue weighted by Gasteiger charge is -2.32. The zero-order chi connectivity index (χ0) is 10.4. The summed E-state index contributed by atoms with van der Waals surface area (Å²) in [7, 11) is 0. The van der Waals surface area contributed by atoms with Crippen LogP contribution in [0.25, 0.3) is 0 Å². The number of rotatable bonds is 5. The lowest BCUT2D eigenvalue weighted by atomic mass is 9.99. The first-order valence-corrected chi connectivity index (χ1v) is 5.82. The van der Waals surface area contributed by atoms with E-state index in [-0.39, 0.29) is 12.6 Å². The standard InChI is InChI=1S/C11H24N2O/c1-3-12-11(9-14)8-13-6-4-10(2)5-7-13/h10-12,14H,3-9H2,1-2H3. The van der Waals surface area contributed by atoms with Crippen molar-refractivity contribution in [3.05, 3.63) is 0 Å². The number of likely N-dealkylation sites (N-methyl/N-ethyl adjacent to an activating group) is 1. The Balaban J connectivity index is 2.21. The van der Waals surface area contributed by atoms with Gasteiger partial charge in [0, 0.05) is 12.6 Å². The van der Waals surface area contributed by atoms with Gasteiger partial charge in [0.05, 0.1) is 6.61 Å². The summed E-state index contributed by atoms with van der Waals surface area (Å²) < 4.78 is 0. The number of hydrogen-bond donors (Lipinski definition) is 2. The molecule has 14 heavy (non-hydrogen) atoms. The molecule has 3 heteroatoms. The molecule has 1 unspecified atom stereocenters. The quantitative estimate of drug-likeness (QED) is 0.685. The fourth-order valence-corrected chi connectivity index (χ4v) is 2.03. The number of piperidine rings is 1. The van der Waals surface area contributed by atoms with Crippen molar-refractivity contribution in [1.29, 1.82) is 0 Å². The molecule has 1 fully saturated rings. The fourth-order valence-electron chi connectivity index (χ4n) is 2.03. The Hall–Kier alpha value is -0.120. The largest absolute Gasteiger partial charge is 0.395 e. The lowest BCUT2D eigenvalue weighted by molar-refractivity contribution is 0.147. The van der Waals surface area contributed by atoms with E-state index in [4.69, 9.17) is 5.11 Å². The van der Waals surface area contributed by atoms with Gasteiger partial charge in [-0.1, -0.05) is 13.8 Å². The molecule has 0 saturated carbocycles. The number of aliphatic hydroxyl groups excluding tert-OH is 1. The molecule has 0 aliphatic carbocycles. The molecule has 1 saturated heterocycles. The van der Waals surface area contributed by atoms with Crippen LogP contribution in [0.2, 0.25) is 0 Å². The summed E-state index contributed by atoms with van der Waals surface area (Å²) in [5, 5.41) is 12.4. The van der Waals surface area contributed by atoms with Crippen LogP contribution in [0.15, 0.2) is 0 Å². The highest BCUT2D eigenvalue weighted by atomic mass is 16.3. The maximum absolute atomic E-state index is 9.15. The van der Waals surface area contributed by atoms with Crippen molar-refractivity contribution >= 4 is 0 Å². The zero-order valence-corrected chi connectivity index (χ0v) is 9.50. The summed E-state index contributed by atoms with van der Waals surface area (Å²) >= 11 is 0. The van der Waals surface area contributed by atoms with E-state index in [0.29, 0.717) is 0 Å². The van der Waals surface area contributed by atoms with Crippen molar-refractivity contribution in [3.8, 4) is 0 Å². The van der Waals surface area contributed by atoms with E-state index in [1.165, 1.54) is 25.9 Å². The monoisotopic (exact) mass is 200 g/mol. The van der Waals surface area contributed by atoms with Crippen molar-refractivity contribution < 1.29 is 5.11 Å². The van der Waals surface area contributed by atoms with Crippen LogP contribution in [0, 0.1) is 5.92 Å². The van der Waals surface area contributed by atoms with Gasteiger partial charge >= 0.3 is 0 Å². The summed E-state index contributed by atoms with van der Waals surface area (Å²) in [5.74, 6) is 0.887. The van der Waals surface area contributed by atoms with Crippen molar-refractivity contribution in [1.82, 2.24) is 10.2 Å². The fraction of sp³-hybridized carbons (Fsp3) is 1.00. The summed E-state index contributed by atoms with van der Waals surface area (Å²) in [6.45, 7) is 8.99. The minimum atomic E-state index is 0.250. The second kappa shape index (κ2) is 6.38. The molecule has 0 aromatic carbocycles. The molecule has 0 aromatic heterocycles. The lowest BCUT2D eigenvalue weighted by Crippen LogP contribution is -2.45. The summed E-state index contributed by atoms with van der Waals surface area (Å²) in [6, 6.07) is 0.258. The molecule has 84 valence electrons. The van der Waals surface area contributed by atoms with Crippen molar-refractivity contribution in [2.24, 2.45) is 5.92 Å². The normalized spacial score (nSPS) is 22.5. The molecule has 0 bridgehead atoms. The average Bonchev–Trinajstić information content (AvgIpc) is 2.20. The van der Waals surface area contributed by atoms with Crippen LogP contribution in [0.4, 0.5) is 0 Å². The van der Waals surface area contributed by atoms with Crippen LogP contribution >= 0.6 is 0 Å². The number of nitrogens with one attached hydrogen (secondary N) is 1. The van der Waals surface area contributed by atoms with E-state index in [2.05, 4.69) is 24.1 Å². The maximum atomic E-state index is 9.15. The highest BCUT2D eigenvalue weighted by Crippen LogP contribution is 2.15. The van der Waals surface area contributed by atoms with Gasteiger partial charge in [0.15, 0.2) is 0 Å². The maximum Gasteiger partial charge on any atom is 0.0597 e. The van der Waals surface area contributed by atoms with Gasteiger partial charge in [0.25, 0.3) is 0 Å². The third-order valence-corrected chi connectivity index (χ3v) is 3.07. The van der Waals surface area contributed by atoms with Crippen LogP contribution in [0.1, 0.15) is 26.7 Å². The van der Waals surface area contributed by atoms with Gasteiger partial charge in [-0.3, -0.25) is 0 Å². The smallest absolute Gasteiger partial charge is 0.0597 e. The molecule has 1 rings (SSSR count).